The van der Waals surface area contributed by atoms with Crippen molar-refractivity contribution in [2.75, 3.05) is 39.5 Å². The molecule has 104 valence electrons. The zero-order chi connectivity index (χ0) is 14.0. The van der Waals surface area contributed by atoms with Gasteiger partial charge < -0.3 is 15.1 Å². The highest BCUT2D eigenvalue weighted by Crippen LogP contribution is 2.21. The van der Waals surface area contributed by atoms with E-state index in [2.05, 4.69) is 41.4 Å². The lowest BCUT2D eigenvalue weighted by atomic mass is 10.1. The summed E-state index contributed by atoms with van der Waals surface area (Å²) in [6.45, 7) is 3.70. The molecule has 1 aromatic rings. The van der Waals surface area contributed by atoms with Gasteiger partial charge in [-0.25, -0.2) is 0 Å². The van der Waals surface area contributed by atoms with Crippen LogP contribution in [0.4, 0.5) is 5.82 Å². The maximum absolute atomic E-state index is 12.3. The average Bonchev–Trinajstić information content (AvgIpc) is 2.80. The van der Waals surface area contributed by atoms with E-state index in [9.17, 15) is 4.79 Å². The van der Waals surface area contributed by atoms with Crippen molar-refractivity contribution in [2.45, 2.75) is 13.0 Å². The molecule has 0 aliphatic carbocycles. The third kappa shape index (κ3) is 2.84. The van der Waals surface area contributed by atoms with Gasteiger partial charge in [-0.05, 0) is 32.1 Å². The Labute approximate surface area is 113 Å². The molecular weight excluding hydrogens is 242 g/mol. The minimum atomic E-state index is -0.0358. The van der Waals surface area contributed by atoms with Gasteiger partial charge in [-0.1, -0.05) is 6.92 Å². The Kier molecular flexibility index (Phi) is 3.99. The lowest BCUT2D eigenvalue weighted by Gasteiger charge is -2.22. The van der Waals surface area contributed by atoms with Gasteiger partial charge >= 0.3 is 0 Å². The number of likely N-dealkylation sites (tertiary alicyclic amines) is 1. The summed E-state index contributed by atoms with van der Waals surface area (Å²) in [5.74, 6) is 1.10. The Hall–Kier alpha value is -1.69. The summed E-state index contributed by atoms with van der Waals surface area (Å²) >= 11 is 0. The first kappa shape index (κ1) is 13.7. The largest absolute Gasteiger partial charge is 0.372 e. The fraction of sp³-hybridized carbons (Fsp3) is 0.615. The first-order chi connectivity index (χ1) is 9.02. The van der Waals surface area contributed by atoms with Crippen LogP contribution in [0.5, 0.6) is 0 Å². The van der Waals surface area contributed by atoms with Gasteiger partial charge in [-0.3, -0.25) is 4.79 Å². The maximum atomic E-state index is 12.3. The molecule has 19 heavy (non-hydrogen) atoms. The summed E-state index contributed by atoms with van der Waals surface area (Å²) in [4.78, 5) is 16.4. The first-order valence-corrected chi connectivity index (χ1v) is 6.50. The standard InChI is InChI=1S/C13H21N5O/c1-9-7-18(8-11(9)17(3)4)13(19)10-5-6-12(14-2)16-15-10/h5-6,9,11H,7-8H2,1-4H3,(H,14,16). The van der Waals surface area contributed by atoms with Crippen molar-refractivity contribution < 1.29 is 4.79 Å². The van der Waals surface area contributed by atoms with Crippen LogP contribution in [0.2, 0.25) is 0 Å². The quantitative estimate of drug-likeness (QED) is 0.862. The van der Waals surface area contributed by atoms with E-state index in [1.807, 2.05) is 4.90 Å². The van der Waals surface area contributed by atoms with Crippen LogP contribution >= 0.6 is 0 Å². The van der Waals surface area contributed by atoms with E-state index < -0.39 is 0 Å². The zero-order valence-electron chi connectivity index (χ0n) is 11.9. The van der Waals surface area contributed by atoms with Crippen LogP contribution in [0.25, 0.3) is 0 Å². The summed E-state index contributed by atoms with van der Waals surface area (Å²) in [7, 11) is 5.88. The molecule has 1 amide bonds. The number of amides is 1. The zero-order valence-corrected chi connectivity index (χ0v) is 11.9. The second-order valence-corrected chi connectivity index (χ2v) is 5.27. The number of aromatic nitrogens is 2. The van der Waals surface area contributed by atoms with E-state index in [0.29, 0.717) is 23.5 Å². The molecule has 1 fully saturated rings. The van der Waals surface area contributed by atoms with Gasteiger partial charge in [0.15, 0.2) is 5.69 Å². The average molecular weight is 263 g/mol. The molecule has 1 saturated heterocycles. The molecule has 1 aliphatic heterocycles. The van der Waals surface area contributed by atoms with Gasteiger partial charge in [0.05, 0.1) is 0 Å². The van der Waals surface area contributed by atoms with Crippen LogP contribution in [0.3, 0.4) is 0 Å². The van der Waals surface area contributed by atoms with Crippen LogP contribution < -0.4 is 5.32 Å². The Bertz CT molecular complexity index is 445. The monoisotopic (exact) mass is 263 g/mol. The third-order valence-electron chi connectivity index (χ3n) is 3.66. The molecule has 0 aromatic carbocycles. The fourth-order valence-corrected chi connectivity index (χ4v) is 2.53. The second-order valence-electron chi connectivity index (χ2n) is 5.27. The van der Waals surface area contributed by atoms with Crippen molar-refractivity contribution in [3.8, 4) is 0 Å². The molecule has 2 unspecified atom stereocenters. The van der Waals surface area contributed by atoms with Crippen LogP contribution in [0.1, 0.15) is 17.4 Å². The summed E-state index contributed by atoms with van der Waals surface area (Å²) in [6, 6.07) is 3.89. The highest BCUT2D eigenvalue weighted by atomic mass is 16.2. The Morgan fingerprint density at radius 2 is 2.11 bits per heavy atom. The molecule has 1 N–H and O–H groups in total. The van der Waals surface area contributed by atoms with E-state index in [1.54, 1.807) is 19.2 Å². The highest BCUT2D eigenvalue weighted by molar-refractivity contribution is 5.92. The minimum absolute atomic E-state index is 0.0358. The molecule has 0 bridgehead atoms. The van der Waals surface area contributed by atoms with Crippen LogP contribution in [-0.4, -0.2) is 66.2 Å². The van der Waals surface area contributed by atoms with Gasteiger partial charge in [0.25, 0.3) is 5.91 Å². The number of nitrogens with one attached hydrogen (secondary N) is 1. The number of likely N-dealkylation sites (N-methyl/N-ethyl adjacent to an activating group) is 1. The number of nitrogens with zero attached hydrogens (tertiary/aromatic N) is 4. The van der Waals surface area contributed by atoms with Gasteiger partial charge in [0, 0.05) is 26.2 Å². The van der Waals surface area contributed by atoms with E-state index in [1.165, 1.54) is 0 Å². The molecule has 1 aliphatic rings. The van der Waals surface area contributed by atoms with Crippen molar-refractivity contribution in [3.05, 3.63) is 17.8 Å². The molecule has 0 spiro atoms. The fourth-order valence-electron chi connectivity index (χ4n) is 2.53. The third-order valence-corrected chi connectivity index (χ3v) is 3.66. The molecule has 1 aromatic heterocycles. The number of hydrogen-bond acceptors (Lipinski definition) is 5. The lowest BCUT2D eigenvalue weighted by molar-refractivity contribution is 0.0774. The van der Waals surface area contributed by atoms with E-state index in [4.69, 9.17) is 0 Å². The molecule has 0 saturated carbocycles. The Balaban J connectivity index is 2.08. The predicted octanol–water partition coefficient (Wildman–Crippen LogP) is 0.540. The lowest BCUT2D eigenvalue weighted by Crippen LogP contribution is -2.36. The highest BCUT2D eigenvalue weighted by Gasteiger charge is 2.34. The van der Waals surface area contributed by atoms with Gasteiger partial charge in [0.2, 0.25) is 0 Å². The smallest absolute Gasteiger partial charge is 0.274 e. The number of carbonyl (C=O) groups is 1. The Morgan fingerprint density at radius 3 is 2.58 bits per heavy atom. The van der Waals surface area contributed by atoms with Crippen LogP contribution in [0.15, 0.2) is 12.1 Å². The first-order valence-electron chi connectivity index (χ1n) is 6.50. The maximum Gasteiger partial charge on any atom is 0.274 e. The molecular formula is C13H21N5O. The molecule has 6 nitrogen and oxygen atoms in total. The molecule has 0 radical (unpaired) electrons. The van der Waals surface area contributed by atoms with Crippen molar-refractivity contribution in [3.63, 3.8) is 0 Å². The van der Waals surface area contributed by atoms with Crippen LogP contribution in [-0.2, 0) is 0 Å². The molecule has 2 heterocycles. The van der Waals surface area contributed by atoms with E-state index in [0.717, 1.165) is 13.1 Å². The van der Waals surface area contributed by atoms with Crippen molar-refractivity contribution in [2.24, 2.45) is 5.92 Å². The van der Waals surface area contributed by atoms with E-state index in [-0.39, 0.29) is 5.91 Å². The Morgan fingerprint density at radius 1 is 1.37 bits per heavy atom. The van der Waals surface area contributed by atoms with Crippen LogP contribution in [0, 0.1) is 5.92 Å². The van der Waals surface area contributed by atoms with Gasteiger partial charge in [-0.15, -0.1) is 10.2 Å². The normalized spacial score (nSPS) is 22.9. The molecule has 6 heteroatoms. The second kappa shape index (κ2) is 5.52. The summed E-state index contributed by atoms with van der Waals surface area (Å²) in [5, 5.41) is 10.8. The van der Waals surface area contributed by atoms with Crippen molar-refractivity contribution >= 4 is 11.7 Å². The SMILES string of the molecule is CNc1ccc(C(=O)N2CC(C)C(N(C)C)C2)nn1. The van der Waals surface area contributed by atoms with E-state index >= 15 is 0 Å². The number of rotatable bonds is 3. The minimum Gasteiger partial charge on any atom is -0.372 e. The predicted molar refractivity (Wildman–Crippen MR) is 74.1 cm³/mol. The number of carbonyl (C=O) groups excluding carboxylic acids is 1. The topological polar surface area (TPSA) is 61.4 Å². The number of hydrogen-bond donors (Lipinski definition) is 1. The van der Waals surface area contributed by atoms with Crippen molar-refractivity contribution in [1.82, 2.24) is 20.0 Å². The van der Waals surface area contributed by atoms with Gasteiger partial charge in [0.1, 0.15) is 5.82 Å². The van der Waals surface area contributed by atoms with Crippen molar-refractivity contribution in [1.29, 1.82) is 0 Å². The molecule has 2 atom stereocenters. The number of anilines is 1. The van der Waals surface area contributed by atoms with Gasteiger partial charge in [-0.2, -0.15) is 0 Å². The summed E-state index contributed by atoms with van der Waals surface area (Å²) in [5.41, 5.74) is 0.408. The summed E-state index contributed by atoms with van der Waals surface area (Å²) in [6.07, 6.45) is 0. The summed E-state index contributed by atoms with van der Waals surface area (Å²) < 4.78 is 0. The molecule has 2 rings (SSSR count).